The summed E-state index contributed by atoms with van der Waals surface area (Å²) in [6, 6.07) is 6.58. The molecule has 0 bridgehead atoms. The summed E-state index contributed by atoms with van der Waals surface area (Å²) in [5.41, 5.74) is 4.71. The normalized spacial score (nSPS) is 17.6. The first kappa shape index (κ1) is 24.9. The number of aryl methyl sites for hydroxylation is 2. The molecule has 4 amide bonds. The summed E-state index contributed by atoms with van der Waals surface area (Å²) < 4.78 is 0. The lowest BCUT2D eigenvalue weighted by Crippen LogP contribution is -2.58. The summed E-state index contributed by atoms with van der Waals surface area (Å²) in [5, 5.41) is 10.3. The number of hydrogen-bond acceptors (Lipinski definition) is 4. The maximum absolute atomic E-state index is 13.8. The van der Waals surface area contributed by atoms with Crippen molar-refractivity contribution in [1.29, 1.82) is 0 Å². The van der Waals surface area contributed by atoms with Gasteiger partial charge in [-0.05, 0) is 70.6 Å². The lowest BCUT2D eigenvalue weighted by atomic mass is 9.82. The summed E-state index contributed by atoms with van der Waals surface area (Å²) in [5.74, 6) is -0.263. The Balaban J connectivity index is 1.59. The third-order valence-corrected chi connectivity index (χ3v) is 7.32. The molecular weight excluding hydrogens is 442 g/mol. The Morgan fingerprint density at radius 3 is 2.31 bits per heavy atom. The third kappa shape index (κ3) is 5.26. The topological polar surface area (TPSA) is 98.4 Å². The number of urea groups is 1. The molecule has 8 nitrogen and oxygen atoms in total. The van der Waals surface area contributed by atoms with E-state index in [4.69, 9.17) is 0 Å². The molecule has 2 aromatic rings. The van der Waals surface area contributed by atoms with E-state index in [0.29, 0.717) is 25.1 Å². The van der Waals surface area contributed by atoms with E-state index in [1.165, 1.54) is 4.90 Å². The lowest BCUT2D eigenvalue weighted by molar-refractivity contribution is -0.128. The van der Waals surface area contributed by atoms with Gasteiger partial charge in [-0.3, -0.25) is 19.6 Å². The molecule has 0 unspecified atom stereocenters. The number of benzene rings is 1. The molecule has 35 heavy (non-hydrogen) atoms. The highest BCUT2D eigenvalue weighted by Gasteiger charge is 2.42. The summed E-state index contributed by atoms with van der Waals surface area (Å²) in [6.07, 6.45) is 6.13. The minimum atomic E-state index is -0.616. The third-order valence-electron chi connectivity index (χ3n) is 7.32. The molecule has 2 heterocycles. The molecule has 1 aromatic carbocycles. The number of anilines is 1. The zero-order chi connectivity index (χ0) is 25.1. The molecule has 2 N–H and O–H groups in total. The van der Waals surface area contributed by atoms with Gasteiger partial charge in [0.15, 0.2) is 0 Å². The van der Waals surface area contributed by atoms with Crippen molar-refractivity contribution in [3.8, 4) is 11.1 Å². The maximum atomic E-state index is 13.8. The van der Waals surface area contributed by atoms with E-state index in [0.717, 1.165) is 54.6 Å². The molecule has 188 valence electrons. The number of carbonyl (C=O) groups excluding carboxylic acids is 3. The number of amides is 4. The second kappa shape index (κ2) is 10.6. The molecule has 0 spiro atoms. The van der Waals surface area contributed by atoms with E-state index >= 15 is 0 Å². The monoisotopic (exact) mass is 479 g/mol. The molecule has 8 heteroatoms. The molecule has 0 radical (unpaired) electrons. The number of carbonyl (C=O) groups is 3. The van der Waals surface area contributed by atoms with Crippen LogP contribution in [-0.2, 0) is 9.59 Å². The van der Waals surface area contributed by atoms with Gasteiger partial charge >= 0.3 is 6.03 Å². The molecule has 1 saturated carbocycles. The van der Waals surface area contributed by atoms with Crippen LogP contribution in [0.15, 0.2) is 24.3 Å². The molecule has 2 fully saturated rings. The fourth-order valence-electron chi connectivity index (χ4n) is 5.58. The number of hydrogen-bond donors (Lipinski definition) is 2. The number of rotatable bonds is 6. The number of nitrogens with zero attached hydrogens (tertiary/aromatic N) is 3. The fraction of sp³-hybridized carbons (Fsp3) is 0.556. The predicted molar refractivity (Wildman–Crippen MR) is 136 cm³/mol. The highest BCUT2D eigenvalue weighted by Crippen LogP contribution is 2.32. The van der Waals surface area contributed by atoms with Crippen LogP contribution in [0.3, 0.4) is 0 Å². The van der Waals surface area contributed by atoms with E-state index in [1.54, 1.807) is 4.90 Å². The average molecular weight is 480 g/mol. The average Bonchev–Trinajstić information content (AvgIpc) is 3.42. The molecule has 2 aliphatic rings. The molecule has 1 aliphatic heterocycles. The maximum Gasteiger partial charge on any atom is 0.327 e. The first-order valence-electron chi connectivity index (χ1n) is 12.8. The van der Waals surface area contributed by atoms with Crippen LogP contribution >= 0.6 is 0 Å². The van der Waals surface area contributed by atoms with Gasteiger partial charge in [0, 0.05) is 36.0 Å². The lowest BCUT2D eigenvalue weighted by Gasteiger charge is -2.41. The number of aromatic nitrogens is 2. The van der Waals surface area contributed by atoms with Gasteiger partial charge in [0.1, 0.15) is 6.04 Å². The van der Waals surface area contributed by atoms with Gasteiger partial charge in [0.05, 0.1) is 5.69 Å². The van der Waals surface area contributed by atoms with Crippen LogP contribution in [0.1, 0.15) is 70.2 Å². The molecular formula is C27H37N5O3. The van der Waals surface area contributed by atoms with Crippen molar-refractivity contribution in [2.75, 3.05) is 11.9 Å². The number of aromatic amines is 1. The van der Waals surface area contributed by atoms with Crippen molar-refractivity contribution >= 4 is 23.5 Å². The van der Waals surface area contributed by atoms with Crippen molar-refractivity contribution in [2.24, 2.45) is 5.92 Å². The van der Waals surface area contributed by atoms with Crippen LogP contribution in [0.2, 0.25) is 0 Å². The van der Waals surface area contributed by atoms with Crippen LogP contribution < -0.4 is 5.32 Å². The van der Waals surface area contributed by atoms with Crippen molar-refractivity contribution < 1.29 is 14.4 Å². The summed E-state index contributed by atoms with van der Waals surface area (Å²) in [6.45, 7) is 8.22. The molecule has 1 atom stereocenters. The number of imide groups is 1. The quantitative estimate of drug-likeness (QED) is 0.607. The smallest absolute Gasteiger partial charge is 0.324 e. The predicted octanol–water partition coefficient (Wildman–Crippen LogP) is 5.03. The van der Waals surface area contributed by atoms with E-state index < -0.39 is 6.04 Å². The minimum absolute atomic E-state index is 0.0725. The highest BCUT2D eigenvalue weighted by molar-refractivity contribution is 6.01. The summed E-state index contributed by atoms with van der Waals surface area (Å²) >= 11 is 0. The van der Waals surface area contributed by atoms with Crippen molar-refractivity contribution in [1.82, 2.24) is 20.0 Å². The zero-order valence-corrected chi connectivity index (χ0v) is 21.3. The van der Waals surface area contributed by atoms with Gasteiger partial charge in [0.2, 0.25) is 11.8 Å². The van der Waals surface area contributed by atoms with Gasteiger partial charge < -0.3 is 10.2 Å². The Labute approximate surface area is 207 Å². The van der Waals surface area contributed by atoms with Gasteiger partial charge in [-0.15, -0.1) is 0 Å². The number of likely N-dealkylation sites (tertiary alicyclic amines) is 1. The summed E-state index contributed by atoms with van der Waals surface area (Å²) in [7, 11) is 0. The van der Waals surface area contributed by atoms with Gasteiger partial charge in [-0.25, -0.2) is 4.79 Å². The Kier molecular flexibility index (Phi) is 7.57. The largest absolute Gasteiger partial charge is 0.327 e. The van der Waals surface area contributed by atoms with Gasteiger partial charge in [-0.1, -0.05) is 31.4 Å². The Morgan fingerprint density at radius 1 is 1.09 bits per heavy atom. The van der Waals surface area contributed by atoms with E-state index in [9.17, 15) is 14.4 Å². The van der Waals surface area contributed by atoms with E-state index in [-0.39, 0.29) is 29.8 Å². The Morgan fingerprint density at radius 2 is 1.77 bits per heavy atom. The van der Waals surface area contributed by atoms with Crippen LogP contribution in [0, 0.1) is 19.8 Å². The second-order valence-corrected chi connectivity index (χ2v) is 10.2. The van der Waals surface area contributed by atoms with E-state index in [1.807, 2.05) is 52.0 Å². The first-order valence-corrected chi connectivity index (χ1v) is 12.8. The molecule has 4 rings (SSSR count). The fourth-order valence-corrected chi connectivity index (χ4v) is 5.58. The van der Waals surface area contributed by atoms with Crippen LogP contribution in [0.25, 0.3) is 11.1 Å². The zero-order valence-electron chi connectivity index (χ0n) is 21.3. The molecule has 1 aliphatic carbocycles. The number of nitrogens with one attached hydrogen (secondary N) is 2. The molecule has 1 saturated heterocycles. The Bertz CT molecular complexity index is 1050. The minimum Gasteiger partial charge on any atom is -0.324 e. The van der Waals surface area contributed by atoms with Gasteiger partial charge in [0.25, 0.3) is 0 Å². The van der Waals surface area contributed by atoms with Crippen molar-refractivity contribution in [3.63, 3.8) is 0 Å². The molecule has 1 aromatic heterocycles. The van der Waals surface area contributed by atoms with Gasteiger partial charge in [-0.2, -0.15) is 5.10 Å². The second-order valence-electron chi connectivity index (χ2n) is 10.2. The van der Waals surface area contributed by atoms with Crippen LogP contribution in [-0.4, -0.2) is 56.5 Å². The van der Waals surface area contributed by atoms with Crippen LogP contribution in [0.5, 0.6) is 0 Å². The highest BCUT2D eigenvalue weighted by atomic mass is 16.2. The van der Waals surface area contributed by atoms with Crippen molar-refractivity contribution in [2.45, 2.75) is 84.7 Å². The SMILES string of the molecule is Cc1n[nH]c(C)c1-c1ccc(NC(=O)[C@H](C2CCCCC2)N(C(=O)N2CCCC2=O)C(C)C)cc1. The standard InChI is InChI=1S/C27H37N5O3/c1-17(2)32(27(35)31-16-8-11-23(31)33)25(21-9-6-5-7-10-21)26(34)28-22-14-12-20(13-15-22)24-18(3)29-30-19(24)4/h12-15,17,21,25H,5-11,16H2,1-4H3,(H,28,34)(H,29,30)/t25-/m0/s1. The van der Waals surface area contributed by atoms with Crippen LogP contribution in [0.4, 0.5) is 10.5 Å². The van der Waals surface area contributed by atoms with Crippen molar-refractivity contribution in [3.05, 3.63) is 35.7 Å². The first-order chi connectivity index (χ1) is 16.8. The Hall–Kier alpha value is -3.16. The number of H-pyrrole nitrogens is 1. The summed E-state index contributed by atoms with van der Waals surface area (Å²) in [4.78, 5) is 42.6. The van der Waals surface area contributed by atoms with E-state index in [2.05, 4.69) is 15.5 Å².